The second-order valence-corrected chi connectivity index (χ2v) is 3.64. The second kappa shape index (κ2) is 4.65. The Labute approximate surface area is 99.6 Å². The first-order chi connectivity index (χ1) is 8.17. The van der Waals surface area contributed by atoms with Gasteiger partial charge in [0.15, 0.2) is 0 Å². The van der Waals surface area contributed by atoms with Gasteiger partial charge in [0.05, 0.1) is 14.2 Å². The SMILES string of the molecule is COc1ccc2c(OC)ccc(B(O)O)c2c1. The van der Waals surface area contributed by atoms with Crippen molar-refractivity contribution < 1.29 is 19.5 Å². The molecule has 2 aromatic carbocycles. The van der Waals surface area contributed by atoms with Gasteiger partial charge in [-0.2, -0.15) is 0 Å². The van der Waals surface area contributed by atoms with Crippen LogP contribution >= 0.6 is 0 Å². The molecule has 2 N–H and O–H groups in total. The third-order valence-corrected chi connectivity index (χ3v) is 2.72. The number of methoxy groups -OCH3 is 2. The molecule has 0 bridgehead atoms. The van der Waals surface area contributed by atoms with E-state index in [1.54, 1.807) is 38.5 Å². The smallest absolute Gasteiger partial charge is 0.489 e. The molecule has 0 aliphatic rings. The summed E-state index contributed by atoms with van der Waals surface area (Å²) < 4.78 is 10.4. The van der Waals surface area contributed by atoms with Crippen LogP contribution in [0.4, 0.5) is 0 Å². The lowest BCUT2D eigenvalue weighted by atomic mass is 9.77. The Morgan fingerprint density at radius 3 is 2.29 bits per heavy atom. The third-order valence-electron chi connectivity index (χ3n) is 2.72. The number of benzene rings is 2. The zero-order valence-corrected chi connectivity index (χ0v) is 9.68. The van der Waals surface area contributed by atoms with Gasteiger partial charge in [-0.05, 0) is 35.1 Å². The van der Waals surface area contributed by atoms with Crippen LogP contribution in [0, 0.1) is 0 Å². The Morgan fingerprint density at radius 2 is 1.71 bits per heavy atom. The summed E-state index contributed by atoms with van der Waals surface area (Å²) in [5, 5.41) is 20.2. The molecule has 17 heavy (non-hydrogen) atoms. The van der Waals surface area contributed by atoms with Gasteiger partial charge in [-0.1, -0.05) is 6.07 Å². The number of rotatable bonds is 3. The molecular weight excluding hydrogens is 219 g/mol. The lowest BCUT2D eigenvalue weighted by molar-refractivity contribution is 0.414. The van der Waals surface area contributed by atoms with Gasteiger partial charge in [-0.15, -0.1) is 0 Å². The average Bonchev–Trinajstić information content (AvgIpc) is 2.36. The fraction of sp³-hybridized carbons (Fsp3) is 0.167. The maximum Gasteiger partial charge on any atom is 0.489 e. The van der Waals surface area contributed by atoms with Gasteiger partial charge in [0.1, 0.15) is 11.5 Å². The van der Waals surface area contributed by atoms with E-state index in [0.717, 1.165) is 5.39 Å². The van der Waals surface area contributed by atoms with Crippen LogP contribution in [0.5, 0.6) is 11.5 Å². The Kier molecular flexibility index (Phi) is 3.22. The number of hydrogen-bond donors (Lipinski definition) is 2. The van der Waals surface area contributed by atoms with Crippen LogP contribution in [0.2, 0.25) is 0 Å². The minimum atomic E-state index is -1.52. The monoisotopic (exact) mass is 232 g/mol. The van der Waals surface area contributed by atoms with Crippen LogP contribution in [-0.4, -0.2) is 31.4 Å². The molecule has 0 fully saturated rings. The summed E-state index contributed by atoms with van der Waals surface area (Å²) in [4.78, 5) is 0. The average molecular weight is 232 g/mol. The number of hydrogen-bond acceptors (Lipinski definition) is 4. The standard InChI is InChI=1S/C12H13BO4/c1-16-8-3-4-9-10(7-8)11(13(14)15)5-6-12(9)17-2/h3-7,14-15H,1-2H3. The van der Waals surface area contributed by atoms with E-state index in [4.69, 9.17) is 9.47 Å². The third kappa shape index (κ3) is 2.07. The van der Waals surface area contributed by atoms with E-state index in [0.29, 0.717) is 22.3 Å². The molecule has 0 aliphatic carbocycles. The first-order valence-electron chi connectivity index (χ1n) is 5.18. The predicted octanol–water partition coefficient (Wildman–Crippen LogP) is 0.537. The summed E-state index contributed by atoms with van der Waals surface area (Å²) in [6.07, 6.45) is 0. The molecule has 0 unspecified atom stereocenters. The molecule has 0 spiro atoms. The molecule has 2 rings (SSSR count). The van der Waals surface area contributed by atoms with Crippen molar-refractivity contribution in [1.82, 2.24) is 0 Å². The van der Waals surface area contributed by atoms with E-state index in [1.807, 2.05) is 6.07 Å². The minimum absolute atomic E-state index is 0.430. The fourth-order valence-electron chi connectivity index (χ4n) is 1.85. The van der Waals surface area contributed by atoms with E-state index in [9.17, 15) is 10.0 Å². The van der Waals surface area contributed by atoms with Crippen LogP contribution in [0.15, 0.2) is 30.3 Å². The molecule has 2 aromatic rings. The first kappa shape index (κ1) is 11.8. The van der Waals surface area contributed by atoms with Crippen molar-refractivity contribution >= 4 is 23.4 Å². The second-order valence-electron chi connectivity index (χ2n) is 3.64. The summed E-state index contributed by atoms with van der Waals surface area (Å²) in [6, 6.07) is 8.73. The molecule has 0 saturated carbocycles. The molecule has 0 atom stereocenters. The largest absolute Gasteiger partial charge is 0.497 e. The molecule has 0 aromatic heterocycles. The van der Waals surface area contributed by atoms with Crippen LogP contribution in [0.25, 0.3) is 10.8 Å². The van der Waals surface area contributed by atoms with Gasteiger partial charge in [-0.25, -0.2) is 0 Å². The summed E-state index contributed by atoms with van der Waals surface area (Å²) in [7, 11) is 1.63. The normalized spacial score (nSPS) is 10.4. The lowest BCUT2D eigenvalue weighted by Gasteiger charge is -2.11. The molecule has 0 amide bonds. The Morgan fingerprint density at radius 1 is 0.941 bits per heavy atom. The molecular formula is C12H13BO4. The van der Waals surface area contributed by atoms with Gasteiger partial charge < -0.3 is 19.5 Å². The number of fused-ring (bicyclic) bond motifs is 1. The Bertz CT molecular complexity index is 539. The van der Waals surface area contributed by atoms with E-state index in [-0.39, 0.29) is 0 Å². The van der Waals surface area contributed by atoms with Crippen molar-refractivity contribution in [3.8, 4) is 11.5 Å². The summed E-state index contributed by atoms with van der Waals surface area (Å²) in [6.45, 7) is 0. The van der Waals surface area contributed by atoms with Crippen molar-refractivity contribution in [1.29, 1.82) is 0 Å². The van der Waals surface area contributed by atoms with Gasteiger partial charge in [0.25, 0.3) is 0 Å². The van der Waals surface area contributed by atoms with Gasteiger partial charge in [0.2, 0.25) is 0 Å². The van der Waals surface area contributed by atoms with Gasteiger partial charge in [0, 0.05) is 5.39 Å². The highest BCUT2D eigenvalue weighted by molar-refractivity contribution is 6.62. The van der Waals surface area contributed by atoms with Gasteiger partial charge >= 0.3 is 7.12 Å². The van der Waals surface area contributed by atoms with Crippen LogP contribution < -0.4 is 14.9 Å². The van der Waals surface area contributed by atoms with Crippen molar-refractivity contribution in [3.05, 3.63) is 30.3 Å². The zero-order valence-electron chi connectivity index (χ0n) is 9.68. The Balaban J connectivity index is 2.76. The molecule has 0 radical (unpaired) electrons. The topological polar surface area (TPSA) is 58.9 Å². The summed E-state index contributed by atoms with van der Waals surface area (Å²) in [5.41, 5.74) is 0.430. The molecule has 0 saturated heterocycles. The van der Waals surface area contributed by atoms with Gasteiger partial charge in [-0.3, -0.25) is 0 Å². The van der Waals surface area contributed by atoms with Crippen LogP contribution in [0.3, 0.4) is 0 Å². The van der Waals surface area contributed by atoms with Crippen molar-refractivity contribution in [3.63, 3.8) is 0 Å². The van der Waals surface area contributed by atoms with Crippen LogP contribution in [0.1, 0.15) is 0 Å². The Hall–Kier alpha value is -1.72. The highest BCUT2D eigenvalue weighted by Crippen LogP contribution is 2.27. The first-order valence-corrected chi connectivity index (χ1v) is 5.18. The maximum atomic E-state index is 9.32. The molecule has 88 valence electrons. The van der Waals surface area contributed by atoms with Crippen molar-refractivity contribution in [2.45, 2.75) is 0 Å². The molecule has 4 nitrogen and oxygen atoms in total. The van der Waals surface area contributed by atoms with E-state index in [1.165, 1.54) is 0 Å². The van der Waals surface area contributed by atoms with Crippen molar-refractivity contribution in [2.24, 2.45) is 0 Å². The van der Waals surface area contributed by atoms with E-state index >= 15 is 0 Å². The number of ether oxygens (including phenoxy) is 2. The van der Waals surface area contributed by atoms with Crippen LogP contribution in [-0.2, 0) is 0 Å². The molecule has 5 heteroatoms. The zero-order chi connectivity index (χ0) is 12.4. The highest BCUT2D eigenvalue weighted by Gasteiger charge is 2.17. The van der Waals surface area contributed by atoms with Crippen molar-refractivity contribution in [2.75, 3.05) is 14.2 Å². The summed E-state index contributed by atoms with van der Waals surface area (Å²) in [5.74, 6) is 1.35. The maximum absolute atomic E-state index is 9.32. The minimum Gasteiger partial charge on any atom is -0.497 e. The molecule has 0 aliphatic heterocycles. The highest BCUT2D eigenvalue weighted by atomic mass is 16.5. The summed E-state index contributed by atoms with van der Waals surface area (Å²) >= 11 is 0. The quantitative estimate of drug-likeness (QED) is 0.758. The van der Waals surface area contributed by atoms with E-state index in [2.05, 4.69) is 0 Å². The molecule has 0 heterocycles. The predicted molar refractivity (Wildman–Crippen MR) is 66.9 cm³/mol. The van der Waals surface area contributed by atoms with E-state index < -0.39 is 7.12 Å². The lowest BCUT2D eigenvalue weighted by Crippen LogP contribution is -2.30. The fourth-order valence-corrected chi connectivity index (χ4v) is 1.85.